The molecule has 1 aromatic carbocycles. The molecule has 2 aromatic rings. The van der Waals surface area contributed by atoms with Crippen molar-refractivity contribution in [3.63, 3.8) is 0 Å². The van der Waals surface area contributed by atoms with E-state index in [1.165, 1.54) is 0 Å². The molecule has 2 rings (SSSR count). The Bertz CT molecular complexity index is 699. The number of aromatic nitrogens is 1. The second-order valence-corrected chi connectivity index (χ2v) is 6.93. The molecule has 0 N–H and O–H groups in total. The molecule has 0 saturated heterocycles. The monoisotopic (exact) mass is 338 g/mol. The molecule has 0 radical (unpaired) electrons. The normalized spacial score (nSPS) is 12.1. The van der Waals surface area contributed by atoms with Gasteiger partial charge in [0.1, 0.15) is 5.75 Å². The number of aryl methyl sites for hydroxylation is 2. The van der Waals surface area contributed by atoms with E-state index >= 15 is 0 Å². The van der Waals surface area contributed by atoms with Crippen molar-refractivity contribution < 1.29 is 9.53 Å². The van der Waals surface area contributed by atoms with Gasteiger partial charge in [-0.2, -0.15) is 0 Å². The molecule has 1 heterocycles. The van der Waals surface area contributed by atoms with Crippen molar-refractivity contribution in [2.45, 2.75) is 26.8 Å². The van der Waals surface area contributed by atoms with E-state index in [0.717, 1.165) is 15.6 Å². The minimum absolute atomic E-state index is 0.0953. The fourth-order valence-electron chi connectivity index (χ4n) is 2.29. The van der Waals surface area contributed by atoms with Crippen LogP contribution in [0.5, 0.6) is 5.75 Å². The van der Waals surface area contributed by atoms with Crippen LogP contribution in [0.3, 0.4) is 0 Å². The van der Waals surface area contributed by atoms with E-state index in [2.05, 4.69) is 4.98 Å². The standard InChI is InChI=1S/C16H19ClN2O2S/c1-9(15-10(2)22-11(3)18-15)19(4)16(20)12-6-7-14(21-5)13(17)8-12/h6-9H,1-5H3. The van der Waals surface area contributed by atoms with E-state index in [-0.39, 0.29) is 11.9 Å². The van der Waals surface area contributed by atoms with Crippen molar-refractivity contribution >= 4 is 28.8 Å². The van der Waals surface area contributed by atoms with Crippen molar-refractivity contribution in [2.24, 2.45) is 0 Å². The van der Waals surface area contributed by atoms with Gasteiger partial charge in [-0.3, -0.25) is 4.79 Å². The number of carbonyl (C=O) groups excluding carboxylic acids is 1. The van der Waals surface area contributed by atoms with Crippen molar-refractivity contribution in [3.05, 3.63) is 44.4 Å². The second-order valence-electron chi connectivity index (χ2n) is 5.12. The predicted molar refractivity (Wildman–Crippen MR) is 90.1 cm³/mol. The van der Waals surface area contributed by atoms with Crippen LogP contribution in [0.15, 0.2) is 18.2 Å². The number of nitrogens with zero attached hydrogens (tertiary/aromatic N) is 2. The Hall–Kier alpha value is -1.59. The molecular formula is C16H19ClN2O2S. The Kier molecular flexibility index (Phi) is 5.08. The quantitative estimate of drug-likeness (QED) is 0.836. The van der Waals surface area contributed by atoms with Gasteiger partial charge in [0, 0.05) is 17.5 Å². The van der Waals surface area contributed by atoms with Gasteiger partial charge in [-0.15, -0.1) is 11.3 Å². The zero-order valence-corrected chi connectivity index (χ0v) is 14.9. The Morgan fingerprint density at radius 2 is 2.09 bits per heavy atom. The van der Waals surface area contributed by atoms with Crippen LogP contribution in [0.25, 0.3) is 0 Å². The van der Waals surface area contributed by atoms with Gasteiger partial charge in [0.15, 0.2) is 0 Å². The van der Waals surface area contributed by atoms with Gasteiger partial charge in [-0.1, -0.05) is 11.6 Å². The number of thiazole rings is 1. The average Bonchev–Trinajstić information content (AvgIpc) is 2.83. The number of amides is 1. The number of halogens is 1. The molecule has 0 aliphatic rings. The van der Waals surface area contributed by atoms with Gasteiger partial charge in [-0.25, -0.2) is 4.98 Å². The fourth-order valence-corrected chi connectivity index (χ4v) is 3.46. The van der Waals surface area contributed by atoms with Crippen LogP contribution in [-0.2, 0) is 0 Å². The van der Waals surface area contributed by atoms with Crippen LogP contribution in [0.2, 0.25) is 5.02 Å². The molecule has 1 atom stereocenters. The van der Waals surface area contributed by atoms with Crippen LogP contribution < -0.4 is 4.74 Å². The molecule has 0 bridgehead atoms. The van der Waals surface area contributed by atoms with Crippen LogP contribution in [0, 0.1) is 13.8 Å². The number of hydrogen-bond donors (Lipinski definition) is 0. The minimum atomic E-state index is -0.0988. The van der Waals surface area contributed by atoms with Crippen LogP contribution in [-0.4, -0.2) is 29.9 Å². The zero-order valence-electron chi connectivity index (χ0n) is 13.3. The average molecular weight is 339 g/mol. The first-order chi connectivity index (χ1) is 10.3. The van der Waals surface area contributed by atoms with E-state index in [0.29, 0.717) is 16.3 Å². The highest BCUT2D eigenvalue weighted by Crippen LogP contribution is 2.29. The van der Waals surface area contributed by atoms with Crippen LogP contribution in [0.1, 0.15) is 38.9 Å². The lowest BCUT2D eigenvalue weighted by Crippen LogP contribution is -2.30. The van der Waals surface area contributed by atoms with Crippen LogP contribution in [0.4, 0.5) is 0 Å². The smallest absolute Gasteiger partial charge is 0.254 e. The number of hydrogen-bond acceptors (Lipinski definition) is 4. The van der Waals surface area contributed by atoms with Crippen molar-refractivity contribution in [3.8, 4) is 5.75 Å². The lowest BCUT2D eigenvalue weighted by atomic mass is 10.1. The van der Waals surface area contributed by atoms with E-state index in [4.69, 9.17) is 16.3 Å². The topological polar surface area (TPSA) is 42.4 Å². The highest BCUT2D eigenvalue weighted by atomic mass is 35.5. The third kappa shape index (κ3) is 3.25. The third-order valence-corrected chi connectivity index (χ3v) is 4.83. The van der Waals surface area contributed by atoms with E-state index < -0.39 is 0 Å². The first kappa shape index (κ1) is 16.8. The first-order valence-corrected chi connectivity index (χ1v) is 8.09. The highest BCUT2D eigenvalue weighted by Gasteiger charge is 2.23. The molecule has 0 spiro atoms. The first-order valence-electron chi connectivity index (χ1n) is 6.89. The third-order valence-electron chi connectivity index (χ3n) is 3.64. The fraction of sp³-hybridized carbons (Fsp3) is 0.375. The Labute approximate surface area is 139 Å². The molecule has 0 fully saturated rings. The number of benzene rings is 1. The largest absolute Gasteiger partial charge is 0.495 e. The predicted octanol–water partition coefficient (Wildman–Crippen LogP) is 4.26. The zero-order chi connectivity index (χ0) is 16.4. The summed E-state index contributed by atoms with van der Waals surface area (Å²) in [6.07, 6.45) is 0. The number of methoxy groups -OCH3 is 1. The molecule has 0 aliphatic carbocycles. The molecule has 1 aromatic heterocycles. The summed E-state index contributed by atoms with van der Waals surface area (Å²) in [7, 11) is 3.32. The van der Waals surface area contributed by atoms with E-state index in [1.807, 2.05) is 20.8 Å². The molecule has 1 unspecified atom stereocenters. The summed E-state index contributed by atoms with van der Waals surface area (Å²) < 4.78 is 5.11. The Morgan fingerprint density at radius 1 is 1.41 bits per heavy atom. The summed E-state index contributed by atoms with van der Waals surface area (Å²) in [5.41, 5.74) is 1.47. The van der Waals surface area contributed by atoms with Crippen molar-refractivity contribution in [1.82, 2.24) is 9.88 Å². The summed E-state index contributed by atoms with van der Waals surface area (Å²) in [5, 5.41) is 1.43. The highest BCUT2D eigenvalue weighted by molar-refractivity contribution is 7.11. The van der Waals surface area contributed by atoms with Crippen molar-refractivity contribution in [2.75, 3.05) is 14.2 Å². The van der Waals surface area contributed by atoms with E-state index in [1.54, 1.807) is 48.6 Å². The summed E-state index contributed by atoms with van der Waals surface area (Å²) in [6, 6.07) is 4.95. The Balaban J connectivity index is 2.25. The van der Waals surface area contributed by atoms with Gasteiger partial charge in [-0.05, 0) is 39.0 Å². The summed E-state index contributed by atoms with van der Waals surface area (Å²) >= 11 is 7.74. The maximum Gasteiger partial charge on any atom is 0.254 e. The maximum atomic E-state index is 12.6. The van der Waals surface area contributed by atoms with Gasteiger partial charge >= 0.3 is 0 Å². The van der Waals surface area contributed by atoms with Crippen molar-refractivity contribution in [1.29, 1.82) is 0 Å². The lowest BCUT2D eigenvalue weighted by Gasteiger charge is -2.24. The second kappa shape index (κ2) is 6.67. The molecule has 0 saturated carbocycles. The molecule has 118 valence electrons. The van der Waals surface area contributed by atoms with Gasteiger partial charge in [0.05, 0.1) is 28.9 Å². The lowest BCUT2D eigenvalue weighted by molar-refractivity contribution is 0.0739. The van der Waals surface area contributed by atoms with Gasteiger partial charge in [0.25, 0.3) is 5.91 Å². The number of carbonyl (C=O) groups is 1. The number of rotatable bonds is 4. The minimum Gasteiger partial charge on any atom is -0.495 e. The molecule has 1 amide bonds. The van der Waals surface area contributed by atoms with E-state index in [9.17, 15) is 4.79 Å². The molecule has 22 heavy (non-hydrogen) atoms. The Morgan fingerprint density at radius 3 is 2.59 bits per heavy atom. The molecular weight excluding hydrogens is 320 g/mol. The summed E-state index contributed by atoms with van der Waals surface area (Å²) in [6.45, 7) is 5.97. The number of ether oxygens (including phenoxy) is 1. The molecule has 6 heteroatoms. The van der Waals surface area contributed by atoms with Gasteiger partial charge in [0.2, 0.25) is 0 Å². The maximum absolute atomic E-state index is 12.6. The molecule has 4 nitrogen and oxygen atoms in total. The van der Waals surface area contributed by atoms with Gasteiger partial charge < -0.3 is 9.64 Å². The summed E-state index contributed by atoms with van der Waals surface area (Å²) in [4.78, 5) is 20.0. The SMILES string of the molecule is COc1ccc(C(=O)N(C)C(C)c2nc(C)sc2C)cc1Cl. The molecule has 0 aliphatic heterocycles. The summed E-state index contributed by atoms with van der Waals surface area (Å²) in [5.74, 6) is 0.460. The van der Waals surface area contributed by atoms with Crippen LogP contribution >= 0.6 is 22.9 Å².